The standard InChI is InChI=1S/C24H23ClN2O/c1-18-7-2-3-8-19(18)17-24-26-22-9-4-5-10-23(22)27(24)15-6-16-28-21-13-11-20(25)12-14-21/h2-5,7-14H,6,15-17H2,1H3. The molecule has 0 aliphatic carbocycles. The maximum Gasteiger partial charge on any atom is 0.119 e. The molecule has 0 unspecified atom stereocenters. The average molecular weight is 391 g/mol. The summed E-state index contributed by atoms with van der Waals surface area (Å²) in [6.45, 7) is 3.68. The molecule has 4 heteroatoms. The zero-order valence-electron chi connectivity index (χ0n) is 15.9. The summed E-state index contributed by atoms with van der Waals surface area (Å²) in [5, 5.41) is 0.720. The van der Waals surface area contributed by atoms with Gasteiger partial charge in [-0.3, -0.25) is 0 Å². The molecule has 1 heterocycles. The predicted molar refractivity (Wildman–Crippen MR) is 115 cm³/mol. The molecule has 3 aromatic carbocycles. The minimum absolute atomic E-state index is 0.651. The molecule has 0 atom stereocenters. The number of ether oxygens (including phenoxy) is 1. The lowest BCUT2D eigenvalue weighted by atomic mass is 10.1. The molecule has 0 amide bonds. The van der Waals surface area contributed by atoms with Gasteiger partial charge >= 0.3 is 0 Å². The van der Waals surface area contributed by atoms with E-state index in [-0.39, 0.29) is 0 Å². The molecule has 0 aliphatic rings. The number of aryl methyl sites for hydroxylation is 2. The van der Waals surface area contributed by atoms with Crippen LogP contribution < -0.4 is 4.74 Å². The molecule has 1 aromatic heterocycles. The first kappa shape index (κ1) is 18.6. The normalized spacial score (nSPS) is 11.1. The molecule has 0 saturated carbocycles. The van der Waals surface area contributed by atoms with Crippen molar-refractivity contribution in [2.24, 2.45) is 0 Å². The van der Waals surface area contributed by atoms with Crippen LogP contribution in [0.4, 0.5) is 0 Å². The van der Waals surface area contributed by atoms with E-state index in [1.807, 2.05) is 30.3 Å². The third-order valence-corrected chi connectivity index (χ3v) is 5.20. The molecule has 142 valence electrons. The van der Waals surface area contributed by atoms with Crippen LogP contribution in [0, 0.1) is 6.92 Å². The van der Waals surface area contributed by atoms with E-state index >= 15 is 0 Å². The summed E-state index contributed by atoms with van der Waals surface area (Å²) in [5.41, 5.74) is 4.84. The number of hydrogen-bond donors (Lipinski definition) is 0. The van der Waals surface area contributed by atoms with Crippen LogP contribution >= 0.6 is 11.6 Å². The van der Waals surface area contributed by atoms with Crippen LogP contribution in [0.5, 0.6) is 5.75 Å². The van der Waals surface area contributed by atoms with E-state index in [4.69, 9.17) is 21.3 Å². The van der Waals surface area contributed by atoms with Gasteiger partial charge in [0.25, 0.3) is 0 Å². The molecule has 0 radical (unpaired) electrons. The number of hydrogen-bond acceptors (Lipinski definition) is 2. The van der Waals surface area contributed by atoms with Crippen LogP contribution in [-0.2, 0) is 13.0 Å². The lowest BCUT2D eigenvalue weighted by Crippen LogP contribution is -2.09. The number of para-hydroxylation sites is 2. The van der Waals surface area contributed by atoms with Crippen LogP contribution in [0.2, 0.25) is 5.02 Å². The fraction of sp³-hybridized carbons (Fsp3) is 0.208. The van der Waals surface area contributed by atoms with Gasteiger partial charge in [-0.2, -0.15) is 0 Å². The van der Waals surface area contributed by atoms with Crippen molar-refractivity contribution in [1.82, 2.24) is 9.55 Å². The van der Waals surface area contributed by atoms with Crippen molar-refractivity contribution < 1.29 is 4.74 Å². The Morgan fingerprint density at radius 1 is 0.929 bits per heavy atom. The van der Waals surface area contributed by atoms with Crippen molar-refractivity contribution >= 4 is 22.6 Å². The lowest BCUT2D eigenvalue weighted by Gasteiger charge is -2.11. The van der Waals surface area contributed by atoms with Gasteiger partial charge in [0.05, 0.1) is 17.6 Å². The van der Waals surface area contributed by atoms with Crippen molar-refractivity contribution in [2.45, 2.75) is 26.3 Å². The van der Waals surface area contributed by atoms with Crippen molar-refractivity contribution in [3.63, 3.8) is 0 Å². The highest BCUT2D eigenvalue weighted by atomic mass is 35.5. The monoisotopic (exact) mass is 390 g/mol. The third kappa shape index (κ3) is 4.20. The fourth-order valence-corrected chi connectivity index (χ4v) is 3.56. The molecule has 0 aliphatic heterocycles. The van der Waals surface area contributed by atoms with E-state index in [9.17, 15) is 0 Å². The highest BCUT2D eigenvalue weighted by molar-refractivity contribution is 6.30. The van der Waals surface area contributed by atoms with Gasteiger partial charge in [-0.15, -0.1) is 0 Å². The van der Waals surface area contributed by atoms with E-state index in [1.54, 1.807) is 0 Å². The van der Waals surface area contributed by atoms with Gasteiger partial charge in [-0.1, -0.05) is 48.0 Å². The predicted octanol–water partition coefficient (Wildman–Crippen LogP) is 6.06. The molecule has 0 spiro atoms. The summed E-state index contributed by atoms with van der Waals surface area (Å²) in [6, 6.07) is 24.3. The van der Waals surface area contributed by atoms with Crippen molar-refractivity contribution in [3.05, 3.63) is 94.8 Å². The average Bonchev–Trinajstić information content (AvgIpc) is 3.05. The first-order valence-corrected chi connectivity index (χ1v) is 9.95. The van der Waals surface area contributed by atoms with Crippen LogP contribution in [0.1, 0.15) is 23.4 Å². The second kappa shape index (κ2) is 8.49. The minimum Gasteiger partial charge on any atom is -0.494 e. The van der Waals surface area contributed by atoms with Crippen LogP contribution in [0.25, 0.3) is 11.0 Å². The summed E-state index contributed by atoms with van der Waals surface area (Å²) >= 11 is 5.93. The van der Waals surface area contributed by atoms with Crippen LogP contribution in [-0.4, -0.2) is 16.2 Å². The number of aromatic nitrogens is 2. The van der Waals surface area contributed by atoms with Gasteiger partial charge < -0.3 is 9.30 Å². The van der Waals surface area contributed by atoms with E-state index in [0.29, 0.717) is 6.61 Å². The zero-order valence-corrected chi connectivity index (χ0v) is 16.7. The summed E-state index contributed by atoms with van der Waals surface area (Å²) in [5.74, 6) is 1.95. The first-order chi connectivity index (χ1) is 13.7. The second-order valence-electron chi connectivity index (χ2n) is 6.93. The number of fused-ring (bicyclic) bond motifs is 1. The Labute approximate surface area is 170 Å². The third-order valence-electron chi connectivity index (χ3n) is 4.95. The number of rotatable bonds is 7. The van der Waals surface area contributed by atoms with E-state index < -0.39 is 0 Å². The molecule has 0 N–H and O–H groups in total. The quantitative estimate of drug-likeness (QED) is 0.359. The molecular weight excluding hydrogens is 368 g/mol. The van der Waals surface area contributed by atoms with E-state index in [1.165, 1.54) is 16.6 Å². The zero-order chi connectivity index (χ0) is 19.3. The Kier molecular flexibility index (Phi) is 5.63. The van der Waals surface area contributed by atoms with Gasteiger partial charge in [0.1, 0.15) is 11.6 Å². The Balaban J connectivity index is 1.50. The molecular formula is C24H23ClN2O. The van der Waals surface area contributed by atoms with Crippen LogP contribution in [0.15, 0.2) is 72.8 Å². The molecule has 4 aromatic rings. The van der Waals surface area contributed by atoms with E-state index in [2.05, 4.69) is 54.0 Å². The maximum atomic E-state index is 5.93. The SMILES string of the molecule is Cc1ccccc1Cc1nc2ccccc2n1CCCOc1ccc(Cl)cc1. The number of imidazole rings is 1. The highest BCUT2D eigenvalue weighted by Gasteiger charge is 2.12. The Morgan fingerprint density at radius 3 is 2.50 bits per heavy atom. The number of halogens is 1. The molecule has 0 saturated heterocycles. The van der Waals surface area contributed by atoms with Crippen molar-refractivity contribution in [1.29, 1.82) is 0 Å². The van der Waals surface area contributed by atoms with Gasteiger partial charge in [0, 0.05) is 18.0 Å². The maximum absolute atomic E-state index is 5.93. The summed E-state index contributed by atoms with van der Waals surface area (Å²) in [6.07, 6.45) is 1.74. The fourth-order valence-electron chi connectivity index (χ4n) is 3.43. The molecule has 0 fully saturated rings. The smallest absolute Gasteiger partial charge is 0.119 e. The molecule has 3 nitrogen and oxygen atoms in total. The van der Waals surface area contributed by atoms with Gasteiger partial charge in [0.2, 0.25) is 0 Å². The molecule has 4 rings (SSSR count). The largest absolute Gasteiger partial charge is 0.494 e. The van der Waals surface area contributed by atoms with Gasteiger partial charge in [0.15, 0.2) is 0 Å². The Hall–Kier alpha value is -2.78. The Morgan fingerprint density at radius 2 is 1.68 bits per heavy atom. The first-order valence-electron chi connectivity index (χ1n) is 9.58. The molecule has 0 bridgehead atoms. The summed E-state index contributed by atoms with van der Waals surface area (Å²) < 4.78 is 8.18. The van der Waals surface area contributed by atoms with E-state index in [0.717, 1.165) is 41.5 Å². The topological polar surface area (TPSA) is 27.1 Å². The van der Waals surface area contributed by atoms with Crippen molar-refractivity contribution in [3.8, 4) is 5.75 Å². The second-order valence-corrected chi connectivity index (χ2v) is 7.36. The van der Waals surface area contributed by atoms with Crippen LogP contribution in [0.3, 0.4) is 0 Å². The Bertz CT molecular complexity index is 1070. The van der Waals surface area contributed by atoms with Crippen molar-refractivity contribution in [2.75, 3.05) is 6.61 Å². The summed E-state index contributed by atoms with van der Waals surface area (Å²) in [4.78, 5) is 4.90. The molecule has 28 heavy (non-hydrogen) atoms. The van der Waals surface area contributed by atoms with Gasteiger partial charge in [-0.25, -0.2) is 4.98 Å². The number of benzene rings is 3. The highest BCUT2D eigenvalue weighted by Crippen LogP contribution is 2.21. The number of nitrogens with zero attached hydrogens (tertiary/aromatic N) is 2. The van der Waals surface area contributed by atoms with Gasteiger partial charge in [-0.05, 0) is 60.9 Å². The summed E-state index contributed by atoms with van der Waals surface area (Å²) in [7, 11) is 0. The lowest BCUT2D eigenvalue weighted by molar-refractivity contribution is 0.302. The minimum atomic E-state index is 0.651.